The summed E-state index contributed by atoms with van der Waals surface area (Å²) in [6.45, 7) is 0.433. The molecule has 0 aromatic carbocycles. The predicted octanol–water partition coefficient (Wildman–Crippen LogP) is -0.666. The summed E-state index contributed by atoms with van der Waals surface area (Å²) in [6.07, 6.45) is 5.11. The lowest BCUT2D eigenvalue weighted by molar-refractivity contribution is 0.811. The average Bonchev–Trinajstić information content (AvgIpc) is 2.09. The highest BCUT2D eigenvalue weighted by molar-refractivity contribution is 5.59. The number of nitrogens with zero attached hydrogens (tertiary/aromatic N) is 2. The first-order valence-corrected chi connectivity index (χ1v) is 3.85. The van der Waals surface area contributed by atoms with Crippen molar-refractivity contribution in [2.24, 2.45) is 12.8 Å². The summed E-state index contributed by atoms with van der Waals surface area (Å²) in [5.74, 6) is 0.229. The molecule has 0 bridgehead atoms. The van der Waals surface area contributed by atoms with Gasteiger partial charge in [0.2, 0.25) is 0 Å². The van der Waals surface area contributed by atoms with Gasteiger partial charge < -0.3 is 16.0 Å². The molecular formula is C8H12N4O. The number of hydrogen-bond acceptors (Lipinski definition) is 4. The Labute approximate surface area is 75.7 Å². The second-order valence-electron chi connectivity index (χ2n) is 2.61. The molecule has 0 radical (unpaired) electrons. The smallest absolute Gasteiger partial charge is 0.349 e. The van der Waals surface area contributed by atoms with E-state index in [1.54, 1.807) is 25.4 Å². The van der Waals surface area contributed by atoms with E-state index in [4.69, 9.17) is 11.5 Å². The van der Waals surface area contributed by atoms with Gasteiger partial charge in [0, 0.05) is 25.4 Å². The van der Waals surface area contributed by atoms with Crippen LogP contribution in [-0.4, -0.2) is 16.1 Å². The Morgan fingerprint density at radius 3 is 3.00 bits per heavy atom. The Kier molecular flexibility index (Phi) is 2.81. The van der Waals surface area contributed by atoms with Gasteiger partial charge in [0.05, 0.1) is 0 Å². The normalized spacial score (nSPS) is 10.9. The summed E-state index contributed by atoms with van der Waals surface area (Å²) >= 11 is 0. The van der Waals surface area contributed by atoms with Gasteiger partial charge in [-0.3, -0.25) is 0 Å². The molecule has 0 spiro atoms. The minimum atomic E-state index is -0.359. The van der Waals surface area contributed by atoms with E-state index >= 15 is 0 Å². The summed E-state index contributed by atoms with van der Waals surface area (Å²) in [6, 6.07) is 0. The average molecular weight is 180 g/mol. The Bertz CT molecular complexity index is 380. The molecule has 0 aliphatic heterocycles. The maximum absolute atomic E-state index is 11.0. The van der Waals surface area contributed by atoms with Gasteiger partial charge in [-0.2, -0.15) is 4.98 Å². The zero-order valence-corrected chi connectivity index (χ0v) is 7.40. The summed E-state index contributed by atoms with van der Waals surface area (Å²) in [7, 11) is 1.62. The van der Waals surface area contributed by atoms with Gasteiger partial charge in [0.15, 0.2) is 0 Å². The van der Waals surface area contributed by atoms with Gasteiger partial charge in [-0.05, 0) is 0 Å². The largest absolute Gasteiger partial charge is 0.383 e. The molecule has 0 saturated heterocycles. The molecular weight excluding hydrogens is 168 g/mol. The maximum atomic E-state index is 11.0. The van der Waals surface area contributed by atoms with E-state index in [0.717, 1.165) is 0 Å². The van der Waals surface area contributed by atoms with Gasteiger partial charge in [0.25, 0.3) is 0 Å². The van der Waals surface area contributed by atoms with E-state index in [1.807, 2.05) is 0 Å². The van der Waals surface area contributed by atoms with Crippen LogP contribution in [0.5, 0.6) is 0 Å². The van der Waals surface area contributed by atoms with Crippen LogP contribution in [0, 0.1) is 0 Å². The molecule has 1 heterocycles. The Hall–Kier alpha value is -1.62. The highest BCUT2D eigenvalue weighted by Crippen LogP contribution is 2.05. The van der Waals surface area contributed by atoms with E-state index < -0.39 is 0 Å². The second kappa shape index (κ2) is 3.86. The molecule has 70 valence electrons. The molecule has 5 nitrogen and oxygen atoms in total. The van der Waals surface area contributed by atoms with E-state index in [0.29, 0.717) is 12.1 Å². The van der Waals surface area contributed by atoms with Crippen molar-refractivity contribution in [3.05, 3.63) is 28.3 Å². The number of nitrogens with two attached hydrogens (primary N) is 2. The molecule has 5 heteroatoms. The van der Waals surface area contributed by atoms with Crippen LogP contribution in [0.1, 0.15) is 5.56 Å². The molecule has 0 atom stereocenters. The summed E-state index contributed by atoms with van der Waals surface area (Å²) < 4.78 is 1.37. The van der Waals surface area contributed by atoms with Gasteiger partial charge in [-0.25, -0.2) is 4.79 Å². The highest BCUT2D eigenvalue weighted by atomic mass is 16.1. The molecule has 4 N–H and O–H groups in total. The van der Waals surface area contributed by atoms with Crippen molar-refractivity contribution in [3.8, 4) is 0 Å². The predicted molar refractivity (Wildman–Crippen MR) is 52.0 cm³/mol. The number of aromatic nitrogens is 2. The van der Waals surface area contributed by atoms with Gasteiger partial charge in [-0.15, -0.1) is 0 Å². The molecule has 0 aliphatic carbocycles. The number of anilines is 1. The summed E-state index contributed by atoms with van der Waals surface area (Å²) in [5.41, 5.74) is 11.1. The monoisotopic (exact) mass is 180 g/mol. The molecule has 1 aromatic heterocycles. The van der Waals surface area contributed by atoms with Crippen molar-refractivity contribution in [1.82, 2.24) is 9.55 Å². The fourth-order valence-corrected chi connectivity index (χ4v) is 0.900. The molecule has 0 unspecified atom stereocenters. The van der Waals surface area contributed by atoms with Crippen LogP contribution in [0.25, 0.3) is 6.08 Å². The van der Waals surface area contributed by atoms with Crippen molar-refractivity contribution in [1.29, 1.82) is 0 Å². The SMILES string of the molecule is Cn1cc(/C=C/CN)c(N)nc1=O. The molecule has 13 heavy (non-hydrogen) atoms. The van der Waals surface area contributed by atoms with E-state index in [-0.39, 0.29) is 11.5 Å². The minimum absolute atomic E-state index is 0.229. The van der Waals surface area contributed by atoms with Gasteiger partial charge >= 0.3 is 5.69 Å². The van der Waals surface area contributed by atoms with Crippen LogP contribution in [0.2, 0.25) is 0 Å². The van der Waals surface area contributed by atoms with Crippen molar-refractivity contribution in [2.75, 3.05) is 12.3 Å². The van der Waals surface area contributed by atoms with Gasteiger partial charge in [0.1, 0.15) is 5.82 Å². The third kappa shape index (κ3) is 2.16. The third-order valence-corrected chi connectivity index (χ3v) is 1.58. The van der Waals surface area contributed by atoms with Crippen molar-refractivity contribution in [3.63, 3.8) is 0 Å². The Morgan fingerprint density at radius 1 is 1.69 bits per heavy atom. The van der Waals surface area contributed by atoms with E-state index in [9.17, 15) is 4.79 Å². The molecule has 1 aromatic rings. The van der Waals surface area contributed by atoms with Crippen LogP contribution in [0.4, 0.5) is 5.82 Å². The fourth-order valence-electron chi connectivity index (χ4n) is 0.900. The first-order valence-electron chi connectivity index (χ1n) is 3.85. The number of hydrogen-bond donors (Lipinski definition) is 2. The zero-order valence-electron chi connectivity index (χ0n) is 7.40. The van der Waals surface area contributed by atoms with Crippen molar-refractivity contribution < 1.29 is 0 Å². The fraction of sp³-hybridized carbons (Fsp3) is 0.250. The van der Waals surface area contributed by atoms with Crippen LogP contribution >= 0.6 is 0 Å². The van der Waals surface area contributed by atoms with Crippen LogP contribution in [0.15, 0.2) is 17.1 Å². The quantitative estimate of drug-likeness (QED) is 0.632. The number of aryl methyl sites for hydroxylation is 1. The minimum Gasteiger partial charge on any atom is -0.383 e. The first-order chi connectivity index (χ1) is 6.15. The Balaban J connectivity index is 3.16. The topological polar surface area (TPSA) is 86.9 Å². The molecule has 0 fully saturated rings. The first kappa shape index (κ1) is 9.47. The molecule has 0 amide bonds. The highest BCUT2D eigenvalue weighted by Gasteiger charge is 1.99. The number of nitrogen functional groups attached to an aromatic ring is 1. The van der Waals surface area contributed by atoms with Crippen molar-refractivity contribution >= 4 is 11.9 Å². The van der Waals surface area contributed by atoms with E-state index in [1.165, 1.54) is 4.57 Å². The zero-order chi connectivity index (χ0) is 9.84. The van der Waals surface area contributed by atoms with Crippen LogP contribution in [-0.2, 0) is 7.05 Å². The molecule has 0 saturated carbocycles. The number of rotatable bonds is 2. The van der Waals surface area contributed by atoms with Crippen LogP contribution < -0.4 is 17.2 Å². The van der Waals surface area contributed by atoms with E-state index in [2.05, 4.69) is 4.98 Å². The maximum Gasteiger partial charge on any atom is 0.349 e. The molecule has 0 aliphatic rings. The lowest BCUT2D eigenvalue weighted by Gasteiger charge is -2.01. The standard InChI is InChI=1S/C8H12N4O/c1-12-5-6(3-2-4-9)7(10)11-8(12)13/h2-3,5H,4,9H2,1H3,(H2,10,11,13)/b3-2+. The summed E-state index contributed by atoms with van der Waals surface area (Å²) in [4.78, 5) is 14.6. The Morgan fingerprint density at radius 2 is 2.38 bits per heavy atom. The summed E-state index contributed by atoms with van der Waals surface area (Å²) in [5, 5.41) is 0. The van der Waals surface area contributed by atoms with Gasteiger partial charge in [-0.1, -0.05) is 12.2 Å². The van der Waals surface area contributed by atoms with Crippen LogP contribution in [0.3, 0.4) is 0 Å². The second-order valence-corrected chi connectivity index (χ2v) is 2.61. The van der Waals surface area contributed by atoms with Crippen molar-refractivity contribution in [2.45, 2.75) is 0 Å². The lowest BCUT2D eigenvalue weighted by atomic mass is 10.3. The third-order valence-electron chi connectivity index (χ3n) is 1.58. The molecule has 1 rings (SSSR count). The lowest BCUT2D eigenvalue weighted by Crippen LogP contribution is -2.21.